The van der Waals surface area contributed by atoms with E-state index in [1.807, 2.05) is 56.3 Å². The van der Waals surface area contributed by atoms with Gasteiger partial charge < -0.3 is 14.8 Å². The van der Waals surface area contributed by atoms with Gasteiger partial charge in [-0.2, -0.15) is 5.26 Å². The highest BCUT2D eigenvalue weighted by atomic mass is 79.9. The summed E-state index contributed by atoms with van der Waals surface area (Å²) in [5, 5.41) is 13.0. The Labute approximate surface area is 206 Å². The number of anilines is 1. The van der Waals surface area contributed by atoms with Gasteiger partial charge in [0.25, 0.3) is 5.91 Å². The number of ether oxygens (including phenoxy) is 2. The van der Waals surface area contributed by atoms with Crippen LogP contribution in [0.15, 0.2) is 64.6 Å². The molecule has 3 aromatic rings. The summed E-state index contributed by atoms with van der Waals surface area (Å²) in [5.74, 6) is 0.487. The molecule has 7 heteroatoms. The van der Waals surface area contributed by atoms with E-state index in [0.717, 1.165) is 16.7 Å². The molecule has 5 nitrogen and oxygen atoms in total. The van der Waals surface area contributed by atoms with Gasteiger partial charge in [-0.1, -0.05) is 35.9 Å². The maximum absolute atomic E-state index is 12.7. The lowest BCUT2D eigenvalue weighted by atomic mass is 10.1. The van der Waals surface area contributed by atoms with Gasteiger partial charge in [0.1, 0.15) is 18.2 Å². The number of nitriles is 1. The van der Waals surface area contributed by atoms with Crippen molar-refractivity contribution in [3.8, 4) is 17.6 Å². The third-order valence-electron chi connectivity index (χ3n) is 4.84. The van der Waals surface area contributed by atoms with Crippen LogP contribution in [0.5, 0.6) is 11.5 Å². The second kappa shape index (κ2) is 11.0. The molecule has 0 bridgehead atoms. The number of hydrogen-bond acceptors (Lipinski definition) is 4. The highest BCUT2D eigenvalue weighted by molar-refractivity contribution is 9.10. The van der Waals surface area contributed by atoms with Crippen LogP contribution in [0.3, 0.4) is 0 Å². The molecule has 0 radical (unpaired) electrons. The monoisotopic (exact) mass is 524 g/mol. The zero-order valence-electron chi connectivity index (χ0n) is 18.4. The number of hydrogen-bond donors (Lipinski definition) is 1. The van der Waals surface area contributed by atoms with Gasteiger partial charge in [0.05, 0.1) is 11.6 Å². The summed E-state index contributed by atoms with van der Waals surface area (Å²) in [4.78, 5) is 12.7. The summed E-state index contributed by atoms with van der Waals surface area (Å²) in [6.07, 6.45) is 1.51. The lowest BCUT2D eigenvalue weighted by Crippen LogP contribution is -2.14. The van der Waals surface area contributed by atoms with Gasteiger partial charge in [-0.3, -0.25) is 4.79 Å². The van der Waals surface area contributed by atoms with E-state index in [9.17, 15) is 10.1 Å². The minimum Gasteiger partial charge on any atom is -0.493 e. The zero-order chi connectivity index (χ0) is 24.0. The van der Waals surface area contributed by atoms with E-state index in [1.54, 1.807) is 18.2 Å². The second-order valence-electron chi connectivity index (χ2n) is 7.40. The van der Waals surface area contributed by atoms with Gasteiger partial charge in [0.15, 0.2) is 11.5 Å². The molecular weight excluding hydrogens is 504 g/mol. The van der Waals surface area contributed by atoms with Gasteiger partial charge in [-0.15, -0.1) is 0 Å². The van der Waals surface area contributed by atoms with Gasteiger partial charge >= 0.3 is 0 Å². The molecule has 0 saturated heterocycles. The second-order valence-corrected chi connectivity index (χ2v) is 8.69. The van der Waals surface area contributed by atoms with Crippen LogP contribution in [0, 0.1) is 25.2 Å². The summed E-state index contributed by atoms with van der Waals surface area (Å²) < 4.78 is 12.1. The van der Waals surface area contributed by atoms with Gasteiger partial charge in [-0.05, 0) is 88.4 Å². The molecule has 3 aromatic carbocycles. The molecule has 0 aliphatic heterocycles. The minimum absolute atomic E-state index is 0.0301. The molecule has 1 amide bonds. The first-order chi connectivity index (χ1) is 15.8. The maximum Gasteiger partial charge on any atom is 0.266 e. The molecule has 0 unspecified atom stereocenters. The van der Waals surface area contributed by atoms with Crippen LogP contribution < -0.4 is 14.8 Å². The molecule has 0 atom stereocenters. The zero-order valence-corrected chi connectivity index (χ0v) is 20.8. The van der Waals surface area contributed by atoms with E-state index in [-0.39, 0.29) is 5.57 Å². The standard InChI is InChI=1S/C26H22BrClN2O3/c1-16-7-8-17(2)23(9-16)30-26(31)20(14-29)10-19-12-22(27)25(24(13-19)32-3)33-15-18-5-4-6-21(28)11-18/h4-13H,15H2,1-3H3,(H,30,31)/b20-10+. The highest BCUT2D eigenvalue weighted by Crippen LogP contribution is 2.38. The fraction of sp³-hybridized carbons (Fsp3) is 0.154. The number of amides is 1. The van der Waals surface area contributed by atoms with Crippen LogP contribution in [0.1, 0.15) is 22.3 Å². The fourth-order valence-corrected chi connectivity index (χ4v) is 3.91. The lowest BCUT2D eigenvalue weighted by molar-refractivity contribution is -0.112. The Hall–Kier alpha value is -3.27. The summed E-state index contributed by atoms with van der Waals surface area (Å²) in [6, 6.07) is 18.6. The van der Waals surface area contributed by atoms with E-state index in [0.29, 0.717) is 38.9 Å². The predicted octanol–water partition coefficient (Wildman–Crippen LogP) is 6.85. The van der Waals surface area contributed by atoms with Crippen molar-refractivity contribution in [2.24, 2.45) is 0 Å². The normalized spacial score (nSPS) is 11.0. The number of nitrogens with zero attached hydrogens (tertiary/aromatic N) is 1. The molecule has 0 aliphatic rings. The van der Waals surface area contributed by atoms with Crippen LogP contribution in [0.2, 0.25) is 5.02 Å². The van der Waals surface area contributed by atoms with E-state index in [2.05, 4.69) is 21.2 Å². The van der Waals surface area contributed by atoms with Crippen LogP contribution in [0.25, 0.3) is 6.08 Å². The summed E-state index contributed by atoms with van der Waals surface area (Å²) >= 11 is 9.54. The summed E-state index contributed by atoms with van der Waals surface area (Å²) in [7, 11) is 1.53. The van der Waals surface area contributed by atoms with Crippen molar-refractivity contribution >= 4 is 45.2 Å². The van der Waals surface area contributed by atoms with Crippen molar-refractivity contribution in [1.29, 1.82) is 5.26 Å². The smallest absolute Gasteiger partial charge is 0.266 e. The highest BCUT2D eigenvalue weighted by Gasteiger charge is 2.15. The molecule has 0 aromatic heterocycles. The first kappa shape index (κ1) is 24.4. The van der Waals surface area contributed by atoms with Crippen molar-refractivity contribution in [2.75, 3.05) is 12.4 Å². The number of nitrogens with one attached hydrogen (secondary N) is 1. The van der Waals surface area contributed by atoms with E-state index in [4.69, 9.17) is 21.1 Å². The third-order valence-corrected chi connectivity index (χ3v) is 5.67. The molecule has 1 N–H and O–H groups in total. The lowest BCUT2D eigenvalue weighted by Gasteiger charge is -2.14. The van der Waals surface area contributed by atoms with Crippen LogP contribution in [-0.2, 0) is 11.4 Å². The number of rotatable bonds is 7. The molecular formula is C26H22BrClN2O3. The molecule has 0 fully saturated rings. The number of aryl methyl sites for hydroxylation is 2. The van der Waals surface area contributed by atoms with Gasteiger partial charge in [-0.25, -0.2) is 0 Å². The number of benzene rings is 3. The Bertz CT molecular complexity index is 1260. The first-order valence-electron chi connectivity index (χ1n) is 10.1. The summed E-state index contributed by atoms with van der Waals surface area (Å²) in [5.41, 5.74) is 4.09. The van der Waals surface area contributed by atoms with Crippen molar-refractivity contribution in [3.05, 3.63) is 91.9 Å². The van der Waals surface area contributed by atoms with Gasteiger partial charge in [0.2, 0.25) is 0 Å². The van der Waals surface area contributed by atoms with E-state index < -0.39 is 5.91 Å². The van der Waals surface area contributed by atoms with Crippen LogP contribution >= 0.6 is 27.5 Å². The van der Waals surface area contributed by atoms with E-state index >= 15 is 0 Å². The molecule has 0 spiro atoms. The Kier molecular flexibility index (Phi) is 8.16. The van der Waals surface area contributed by atoms with Crippen molar-refractivity contribution < 1.29 is 14.3 Å². The quantitative estimate of drug-likeness (QED) is 0.270. The topological polar surface area (TPSA) is 71.3 Å². The molecule has 3 rings (SSSR count). The third kappa shape index (κ3) is 6.38. The van der Waals surface area contributed by atoms with Crippen molar-refractivity contribution in [3.63, 3.8) is 0 Å². The molecule has 0 saturated carbocycles. The van der Waals surface area contributed by atoms with E-state index in [1.165, 1.54) is 13.2 Å². The average Bonchev–Trinajstić information content (AvgIpc) is 2.78. The number of methoxy groups -OCH3 is 1. The van der Waals surface area contributed by atoms with Crippen LogP contribution in [0.4, 0.5) is 5.69 Å². The Morgan fingerprint density at radius 1 is 1.18 bits per heavy atom. The van der Waals surface area contributed by atoms with Crippen molar-refractivity contribution in [1.82, 2.24) is 0 Å². The van der Waals surface area contributed by atoms with Gasteiger partial charge in [0, 0.05) is 10.7 Å². The number of carbonyl (C=O) groups excluding carboxylic acids is 1. The maximum atomic E-state index is 12.7. The molecule has 0 heterocycles. The Morgan fingerprint density at radius 2 is 1.97 bits per heavy atom. The predicted molar refractivity (Wildman–Crippen MR) is 135 cm³/mol. The molecule has 168 valence electrons. The Morgan fingerprint density at radius 3 is 2.67 bits per heavy atom. The average molecular weight is 526 g/mol. The largest absolute Gasteiger partial charge is 0.493 e. The first-order valence-corrected chi connectivity index (χ1v) is 11.2. The Balaban J connectivity index is 1.84. The molecule has 0 aliphatic carbocycles. The summed E-state index contributed by atoms with van der Waals surface area (Å²) in [6.45, 7) is 4.14. The number of halogens is 2. The number of carbonyl (C=O) groups is 1. The van der Waals surface area contributed by atoms with Crippen molar-refractivity contribution in [2.45, 2.75) is 20.5 Å². The SMILES string of the molecule is COc1cc(/C=C(\C#N)C(=O)Nc2cc(C)ccc2C)cc(Br)c1OCc1cccc(Cl)c1. The minimum atomic E-state index is -0.484. The fourth-order valence-electron chi connectivity index (χ4n) is 3.12. The van der Waals surface area contributed by atoms with Crippen LogP contribution in [-0.4, -0.2) is 13.0 Å². The molecule has 33 heavy (non-hydrogen) atoms.